The van der Waals surface area contributed by atoms with E-state index < -0.39 is 0 Å². The summed E-state index contributed by atoms with van der Waals surface area (Å²) in [5, 5.41) is 2.88. The topological polar surface area (TPSA) is 56.8 Å². The van der Waals surface area contributed by atoms with Gasteiger partial charge in [0.1, 0.15) is 6.61 Å². The SMILES string of the molecule is CC(C)CC1CCC(C)CC1OCC(=O)NCCOCCOCCCCCCCl. The van der Waals surface area contributed by atoms with Gasteiger partial charge in [0.15, 0.2) is 0 Å². The molecule has 6 heteroatoms. The number of hydrogen-bond donors (Lipinski definition) is 1. The number of nitrogens with one attached hydrogen (secondary N) is 1. The number of hydrogen-bond acceptors (Lipinski definition) is 4. The van der Waals surface area contributed by atoms with E-state index in [1.165, 1.54) is 32.1 Å². The monoisotopic (exact) mass is 433 g/mol. The van der Waals surface area contributed by atoms with Crippen molar-refractivity contribution in [3.05, 3.63) is 0 Å². The minimum Gasteiger partial charge on any atom is -0.379 e. The maximum atomic E-state index is 12.1. The lowest BCUT2D eigenvalue weighted by molar-refractivity contribution is -0.131. The summed E-state index contributed by atoms with van der Waals surface area (Å²) in [6, 6.07) is 0. The summed E-state index contributed by atoms with van der Waals surface area (Å²) in [7, 11) is 0. The maximum Gasteiger partial charge on any atom is 0.246 e. The van der Waals surface area contributed by atoms with Crippen LogP contribution in [0.4, 0.5) is 0 Å². The molecule has 1 N–H and O–H groups in total. The van der Waals surface area contributed by atoms with Crippen molar-refractivity contribution in [2.75, 3.05) is 45.5 Å². The van der Waals surface area contributed by atoms with Crippen molar-refractivity contribution >= 4 is 17.5 Å². The van der Waals surface area contributed by atoms with Gasteiger partial charge in [-0.15, -0.1) is 11.6 Å². The number of unbranched alkanes of at least 4 members (excludes halogenated alkanes) is 3. The van der Waals surface area contributed by atoms with Crippen molar-refractivity contribution in [1.82, 2.24) is 5.32 Å². The fourth-order valence-electron chi connectivity index (χ4n) is 3.94. The van der Waals surface area contributed by atoms with Crippen LogP contribution in [-0.4, -0.2) is 57.5 Å². The van der Waals surface area contributed by atoms with Crippen LogP contribution < -0.4 is 5.32 Å². The van der Waals surface area contributed by atoms with Crippen molar-refractivity contribution in [3.63, 3.8) is 0 Å². The predicted molar refractivity (Wildman–Crippen MR) is 120 cm³/mol. The standard InChI is InChI=1S/C23H44ClNO4/c1-19(2)16-21-9-8-20(3)17-22(21)29-18-23(26)25-11-13-28-15-14-27-12-7-5-4-6-10-24/h19-22H,4-18H2,1-3H3,(H,25,26). The number of rotatable bonds is 17. The van der Waals surface area contributed by atoms with Crippen LogP contribution in [0.15, 0.2) is 0 Å². The Morgan fingerprint density at radius 1 is 1.03 bits per heavy atom. The van der Waals surface area contributed by atoms with Gasteiger partial charge >= 0.3 is 0 Å². The van der Waals surface area contributed by atoms with Gasteiger partial charge in [0.2, 0.25) is 5.91 Å². The Bertz CT molecular complexity index is 408. The smallest absolute Gasteiger partial charge is 0.246 e. The molecule has 1 rings (SSSR count). The summed E-state index contributed by atoms with van der Waals surface area (Å²) in [4.78, 5) is 12.1. The van der Waals surface area contributed by atoms with E-state index in [-0.39, 0.29) is 18.6 Å². The molecule has 3 unspecified atom stereocenters. The molecule has 1 fully saturated rings. The number of carbonyl (C=O) groups excluding carboxylic acids is 1. The lowest BCUT2D eigenvalue weighted by atomic mass is 9.77. The summed E-state index contributed by atoms with van der Waals surface area (Å²) in [6.07, 6.45) is 9.46. The molecule has 0 radical (unpaired) electrons. The Morgan fingerprint density at radius 3 is 2.48 bits per heavy atom. The zero-order valence-corrected chi connectivity index (χ0v) is 19.7. The van der Waals surface area contributed by atoms with E-state index in [1.54, 1.807) is 0 Å². The average molecular weight is 434 g/mol. The van der Waals surface area contributed by atoms with E-state index >= 15 is 0 Å². The highest BCUT2D eigenvalue weighted by Crippen LogP contribution is 2.34. The molecule has 1 aliphatic rings. The molecular formula is C23H44ClNO4. The summed E-state index contributed by atoms with van der Waals surface area (Å²) < 4.78 is 17.0. The van der Waals surface area contributed by atoms with Gasteiger partial charge in [-0.2, -0.15) is 0 Å². The van der Waals surface area contributed by atoms with E-state index in [0.717, 1.165) is 31.7 Å². The molecule has 0 aromatic heterocycles. The Kier molecular flexibility index (Phi) is 15.9. The number of ether oxygens (including phenoxy) is 3. The lowest BCUT2D eigenvalue weighted by Gasteiger charge is -2.35. The maximum absolute atomic E-state index is 12.1. The molecule has 0 heterocycles. The van der Waals surface area contributed by atoms with Crippen LogP contribution in [0, 0.1) is 17.8 Å². The van der Waals surface area contributed by atoms with Gasteiger partial charge in [0, 0.05) is 19.0 Å². The average Bonchev–Trinajstić information content (AvgIpc) is 2.68. The zero-order chi connectivity index (χ0) is 21.3. The first-order valence-corrected chi connectivity index (χ1v) is 12.2. The highest BCUT2D eigenvalue weighted by atomic mass is 35.5. The summed E-state index contributed by atoms with van der Waals surface area (Å²) in [6.45, 7) is 9.90. The van der Waals surface area contributed by atoms with Crippen molar-refractivity contribution in [2.24, 2.45) is 17.8 Å². The summed E-state index contributed by atoms with van der Waals surface area (Å²) >= 11 is 5.64. The summed E-state index contributed by atoms with van der Waals surface area (Å²) in [5.74, 6) is 2.64. The molecule has 1 amide bonds. The van der Waals surface area contributed by atoms with Crippen LogP contribution in [-0.2, 0) is 19.0 Å². The fraction of sp³-hybridized carbons (Fsp3) is 0.957. The van der Waals surface area contributed by atoms with Gasteiger partial charge in [-0.3, -0.25) is 4.79 Å². The first kappa shape index (κ1) is 26.7. The van der Waals surface area contributed by atoms with Crippen LogP contribution in [0.3, 0.4) is 0 Å². The van der Waals surface area contributed by atoms with Crippen LogP contribution in [0.2, 0.25) is 0 Å². The molecule has 0 aromatic carbocycles. The Hall–Kier alpha value is -0.360. The van der Waals surface area contributed by atoms with E-state index in [0.29, 0.717) is 44.1 Å². The van der Waals surface area contributed by atoms with E-state index in [9.17, 15) is 4.79 Å². The molecule has 172 valence electrons. The summed E-state index contributed by atoms with van der Waals surface area (Å²) in [5.41, 5.74) is 0. The van der Waals surface area contributed by atoms with Crippen molar-refractivity contribution in [1.29, 1.82) is 0 Å². The third-order valence-corrected chi connectivity index (χ3v) is 5.77. The predicted octanol–water partition coefficient (Wildman–Crippen LogP) is 4.80. The van der Waals surface area contributed by atoms with Crippen molar-refractivity contribution in [2.45, 2.75) is 78.2 Å². The molecule has 0 spiro atoms. The highest BCUT2D eigenvalue weighted by Gasteiger charge is 2.30. The van der Waals surface area contributed by atoms with Crippen molar-refractivity contribution < 1.29 is 19.0 Å². The first-order chi connectivity index (χ1) is 14.0. The van der Waals surface area contributed by atoms with Crippen LogP contribution in [0.1, 0.15) is 72.1 Å². The Labute approximate surface area is 183 Å². The van der Waals surface area contributed by atoms with Gasteiger partial charge in [-0.05, 0) is 49.9 Å². The molecular weight excluding hydrogens is 390 g/mol. The Balaban J connectivity index is 1.99. The van der Waals surface area contributed by atoms with Crippen LogP contribution in [0.5, 0.6) is 0 Å². The number of carbonyl (C=O) groups is 1. The van der Waals surface area contributed by atoms with E-state index in [4.69, 9.17) is 25.8 Å². The number of amides is 1. The van der Waals surface area contributed by atoms with E-state index in [1.807, 2.05) is 0 Å². The van der Waals surface area contributed by atoms with Gasteiger partial charge in [0.25, 0.3) is 0 Å². The van der Waals surface area contributed by atoms with Gasteiger partial charge in [-0.1, -0.05) is 40.0 Å². The third-order valence-electron chi connectivity index (χ3n) is 5.51. The van der Waals surface area contributed by atoms with Crippen molar-refractivity contribution in [3.8, 4) is 0 Å². The van der Waals surface area contributed by atoms with Crippen LogP contribution >= 0.6 is 11.6 Å². The highest BCUT2D eigenvalue weighted by molar-refractivity contribution is 6.17. The quantitative estimate of drug-likeness (QED) is 0.264. The van der Waals surface area contributed by atoms with Gasteiger partial charge in [-0.25, -0.2) is 0 Å². The number of alkyl halides is 1. The van der Waals surface area contributed by atoms with Crippen LogP contribution in [0.25, 0.3) is 0 Å². The minimum atomic E-state index is -0.0525. The molecule has 3 atom stereocenters. The molecule has 0 bridgehead atoms. The largest absolute Gasteiger partial charge is 0.379 e. The van der Waals surface area contributed by atoms with E-state index in [2.05, 4.69) is 26.1 Å². The number of halogens is 1. The first-order valence-electron chi connectivity index (χ1n) is 11.6. The van der Waals surface area contributed by atoms with Gasteiger partial charge in [0.05, 0.1) is 25.9 Å². The molecule has 29 heavy (non-hydrogen) atoms. The lowest BCUT2D eigenvalue weighted by Crippen LogP contribution is -2.37. The Morgan fingerprint density at radius 2 is 1.76 bits per heavy atom. The third kappa shape index (κ3) is 14.3. The molecule has 0 saturated heterocycles. The minimum absolute atomic E-state index is 0.0525. The molecule has 1 saturated carbocycles. The van der Waals surface area contributed by atoms with Gasteiger partial charge < -0.3 is 19.5 Å². The second-order valence-electron chi connectivity index (χ2n) is 8.84. The molecule has 0 aromatic rings. The molecule has 5 nitrogen and oxygen atoms in total. The molecule has 1 aliphatic carbocycles. The normalized spacial score (nSPS) is 22.2. The molecule has 0 aliphatic heterocycles. The fourth-order valence-corrected chi connectivity index (χ4v) is 4.13. The zero-order valence-electron chi connectivity index (χ0n) is 18.9. The second kappa shape index (κ2) is 17.3. The second-order valence-corrected chi connectivity index (χ2v) is 9.21.